The van der Waals surface area contributed by atoms with Crippen LogP contribution in [-0.2, 0) is 18.1 Å². The van der Waals surface area contributed by atoms with Crippen LogP contribution in [0.25, 0.3) is 0 Å². The molecule has 0 unspecified atom stereocenters. The molecule has 0 saturated heterocycles. The molecule has 0 atom stereocenters. The maximum absolute atomic E-state index is 12.0. The summed E-state index contributed by atoms with van der Waals surface area (Å²) in [6, 6.07) is 16.9. The summed E-state index contributed by atoms with van der Waals surface area (Å²) in [6.07, 6.45) is 0. The Kier molecular flexibility index (Phi) is 6.01. The molecule has 0 radical (unpaired) electrons. The summed E-state index contributed by atoms with van der Waals surface area (Å²) in [6.45, 7) is 0. The summed E-state index contributed by atoms with van der Waals surface area (Å²) in [4.78, 5) is 0.660. The van der Waals surface area contributed by atoms with Gasteiger partial charge >= 0.3 is 8.26 Å². The lowest BCUT2D eigenvalue weighted by Crippen LogP contribution is -2.00. The number of benzene rings is 2. The molecule has 0 spiro atoms. The van der Waals surface area contributed by atoms with Crippen molar-refractivity contribution >= 4 is 39.5 Å². The second-order valence-electron chi connectivity index (χ2n) is 3.51. The van der Waals surface area contributed by atoms with Crippen molar-refractivity contribution in [1.29, 1.82) is 0 Å². The van der Waals surface area contributed by atoms with Crippen molar-refractivity contribution in [3.05, 3.63) is 60.7 Å². The first kappa shape index (κ1) is 17.0. The molecule has 0 aliphatic heterocycles. The van der Waals surface area contributed by atoms with Gasteiger partial charge in [0.25, 0.3) is 0 Å². The zero-order valence-corrected chi connectivity index (χ0v) is 13.1. The molecular weight excluding hydrogens is 343 g/mol. The van der Waals surface area contributed by atoms with E-state index < -0.39 is 18.1 Å². The minimum atomic E-state index is -3.72. The highest BCUT2D eigenvalue weighted by Crippen LogP contribution is 2.19. The van der Waals surface area contributed by atoms with Crippen molar-refractivity contribution in [3.63, 3.8) is 0 Å². The summed E-state index contributed by atoms with van der Waals surface area (Å²) in [5.41, 5.74) is 0. The van der Waals surface area contributed by atoms with Gasteiger partial charge in [-0.1, -0.05) is 36.4 Å². The molecule has 0 N–H and O–H groups in total. The Morgan fingerprint density at radius 2 is 0.850 bits per heavy atom. The fraction of sp³-hybridized carbons (Fsp3) is 0. The predicted molar refractivity (Wildman–Crippen MR) is 79.0 cm³/mol. The first-order valence-corrected chi connectivity index (χ1v) is 9.82. The largest absolute Gasteiger partial charge is 0.317 e. The smallest absolute Gasteiger partial charge is 0.219 e. The van der Waals surface area contributed by atoms with Gasteiger partial charge in [0.2, 0.25) is 9.84 Å². The lowest BCUT2D eigenvalue weighted by molar-refractivity contribution is 0.596. The quantitative estimate of drug-likeness (QED) is 0.778. The SMILES string of the molecule is O=S(=O)(Cl)Cl.O=S(=O)(c1ccccc1)c1ccccc1. The number of hydrogen-bond donors (Lipinski definition) is 0. The molecule has 0 saturated carbocycles. The Bertz CT molecular complexity index is 689. The lowest BCUT2D eigenvalue weighted by Gasteiger charge is -2.03. The van der Waals surface area contributed by atoms with Crippen molar-refractivity contribution in [1.82, 2.24) is 0 Å². The highest BCUT2D eigenvalue weighted by molar-refractivity contribution is 8.31. The van der Waals surface area contributed by atoms with Crippen LogP contribution in [0.15, 0.2) is 70.5 Å². The second-order valence-corrected chi connectivity index (χ2v) is 9.13. The van der Waals surface area contributed by atoms with E-state index in [-0.39, 0.29) is 0 Å². The number of halogens is 2. The molecule has 0 heterocycles. The maximum atomic E-state index is 12.0. The molecule has 0 aliphatic carbocycles. The molecule has 2 aromatic rings. The molecule has 20 heavy (non-hydrogen) atoms. The van der Waals surface area contributed by atoms with Crippen LogP contribution in [0.4, 0.5) is 0 Å². The third-order valence-electron chi connectivity index (χ3n) is 2.11. The van der Waals surface area contributed by atoms with E-state index in [0.717, 1.165) is 0 Å². The third-order valence-corrected chi connectivity index (χ3v) is 3.89. The predicted octanol–water partition coefficient (Wildman–Crippen LogP) is 3.23. The van der Waals surface area contributed by atoms with Gasteiger partial charge in [-0.05, 0) is 24.3 Å². The zero-order chi connectivity index (χ0) is 15.2. The van der Waals surface area contributed by atoms with Crippen molar-refractivity contribution in [2.75, 3.05) is 0 Å². The van der Waals surface area contributed by atoms with Gasteiger partial charge in [-0.3, -0.25) is 0 Å². The van der Waals surface area contributed by atoms with Crippen LogP contribution in [0.1, 0.15) is 0 Å². The van der Waals surface area contributed by atoms with Gasteiger partial charge in [0.15, 0.2) is 0 Å². The molecule has 0 bridgehead atoms. The van der Waals surface area contributed by atoms with Crippen LogP contribution in [0.3, 0.4) is 0 Å². The minimum absolute atomic E-state index is 0.330. The Balaban J connectivity index is 0.000000347. The van der Waals surface area contributed by atoms with E-state index >= 15 is 0 Å². The maximum Gasteiger partial charge on any atom is 0.317 e. The van der Waals surface area contributed by atoms with Crippen LogP contribution in [-0.4, -0.2) is 16.8 Å². The van der Waals surface area contributed by atoms with Gasteiger partial charge in [0.05, 0.1) is 9.79 Å². The fourth-order valence-corrected chi connectivity index (χ4v) is 2.64. The van der Waals surface area contributed by atoms with Crippen LogP contribution in [0.2, 0.25) is 0 Å². The Morgan fingerprint density at radius 1 is 0.600 bits per heavy atom. The van der Waals surface area contributed by atoms with Crippen molar-refractivity contribution in [2.45, 2.75) is 9.79 Å². The van der Waals surface area contributed by atoms with Crippen LogP contribution in [0, 0.1) is 0 Å². The summed E-state index contributed by atoms with van der Waals surface area (Å²) in [5.74, 6) is 0. The Morgan fingerprint density at radius 3 is 1.10 bits per heavy atom. The van der Waals surface area contributed by atoms with E-state index in [1.807, 2.05) is 0 Å². The molecule has 0 fully saturated rings. The molecule has 0 aliphatic rings. The van der Waals surface area contributed by atoms with Crippen LogP contribution >= 0.6 is 21.4 Å². The average Bonchev–Trinajstić information content (AvgIpc) is 2.39. The normalized spacial score (nSPS) is 11.3. The Hall–Kier alpha value is -1.08. The Labute approximate surface area is 126 Å². The molecule has 8 heteroatoms. The van der Waals surface area contributed by atoms with E-state index in [1.54, 1.807) is 60.7 Å². The van der Waals surface area contributed by atoms with Crippen molar-refractivity contribution in [2.24, 2.45) is 0 Å². The second kappa shape index (κ2) is 7.08. The van der Waals surface area contributed by atoms with Crippen LogP contribution < -0.4 is 0 Å². The first-order chi connectivity index (χ1) is 9.21. The molecule has 0 aromatic heterocycles. The third kappa shape index (κ3) is 5.92. The molecule has 2 aromatic carbocycles. The first-order valence-electron chi connectivity index (χ1n) is 5.20. The van der Waals surface area contributed by atoms with Gasteiger partial charge in [0, 0.05) is 21.4 Å². The van der Waals surface area contributed by atoms with Gasteiger partial charge in [0.1, 0.15) is 0 Å². The lowest BCUT2D eigenvalue weighted by atomic mass is 10.4. The number of hydrogen-bond acceptors (Lipinski definition) is 4. The molecule has 2 rings (SSSR count). The molecule has 4 nitrogen and oxygen atoms in total. The minimum Gasteiger partial charge on any atom is -0.219 e. The van der Waals surface area contributed by atoms with E-state index in [4.69, 9.17) is 8.42 Å². The van der Waals surface area contributed by atoms with E-state index in [1.165, 1.54) is 0 Å². The van der Waals surface area contributed by atoms with Crippen LogP contribution in [0.5, 0.6) is 0 Å². The van der Waals surface area contributed by atoms with Gasteiger partial charge in [-0.25, -0.2) is 8.42 Å². The van der Waals surface area contributed by atoms with E-state index in [2.05, 4.69) is 21.4 Å². The topological polar surface area (TPSA) is 68.3 Å². The summed E-state index contributed by atoms with van der Waals surface area (Å²) in [5, 5.41) is 0. The summed E-state index contributed by atoms with van der Waals surface area (Å²) >= 11 is 0. The molecule has 0 amide bonds. The highest BCUT2D eigenvalue weighted by Gasteiger charge is 2.15. The fourth-order valence-electron chi connectivity index (χ4n) is 1.34. The average molecular weight is 353 g/mol. The van der Waals surface area contributed by atoms with E-state index in [9.17, 15) is 8.42 Å². The number of rotatable bonds is 2. The zero-order valence-electron chi connectivity index (χ0n) is 9.98. The molecular formula is C12H10Cl2O4S2. The monoisotopic (exact) mass is 352 g/mol. The van der Waals surface area contributed by atoms with Gasteiger partial charge in [-0.2, -0.15) is 8.42 Å². The summed E-state index contributed by atoms with van der Waals surface area (Å²) < 4.78 is 42.4. The molecule has 108 valence electrons. The standard InChI is InChI=1S/C12H10O2S.Cl2O2S/c13-15(14,11-7-3-1-4-8-11)12-9-5-2-6-10-12;1-5(2,3)4/h1-10H;. The van der Waals surface area contributed by atoms with Gasteiger partial charge < -0.3 is 0 Å². The number of sulfone groups is 1. The highest BCUT2D eigenvalue weighted by atomic mass is 36.0. The van der Waals surface area contributed by atoms with E-state index in [0.29, 0.717) is 9.79 Å². The summed E-state index contributed by atoms with van der Waals surface area (Å²) in [7, 11) is 1.47. The van der Waals surface area contributed by atoms with Gasteiger partial charge in [-0.15, -0.1) is 0 Å². The van der Waals surface area contributed by atoms with Crippen molar-refractivity contribution < 1.29 is 16.8 Å². The van der Waals surface area contributed by atoms with Crippen molar-refractivity contribution in [3.8, 4) is 0 Å².